The average molecular weight is 330 g/mol. The molecule has 0 radical (unpaired) electrons. The third-order valence-electron chi connectivity index (χ3n) is 3.10. The van der Waals surface area contributed by atoms with Crippen LogP contribution < -0.4 is 10.6 Å². The van der Waals surface area contributed by atoms with Crippen molar-refractivity contribution in [3.05, 3.63) is 59.6 Å². The molecule has 0 aliphatic carbocycles. The normalized spacial score (nSPS) is 10.4. The maximum absolute atomic E-state index is 13.9. The van der Waals surface area contributed by atoms with E-state index in [1.807, 2.05) is 12.1 Å². The number of hydrogen-bond donors (Lipinski definition) is 2. The van der Waals surface area contributed by atoms with Gasteiger partial charge in [-0.2, -0.15) is 4.98 Å². The van der Waals surface area contributed by atoms with Gasteiger partial charge in [-0.3, -0.25) is 4.98 Å². The van der Waals surface area contributed by atoms with Crippen LogP contribution in [0, 0.1) is 5.82 Å². The number of halogens is 2. The molecule has 0 aliphatic heterocycles. The summed E-state index contributed by atoms with van der Waals surface area (Å²) in [5.41, 5.74) is 1.75. The van der Waals surface area contributed by atoms with Crippen molar-refractivity contribution >= 4 is 29.1 Å². The second kappa shape index (κ2) is 6.58. The molecule has 7 heteroatoms. The first-order chi connectivity index (χ1) is 11.2. The predicted molar refractivity (Wildman–Crippen MR) is 89.5 cm³/mol. The summed E-state index contributed by atoms with van der Waals surface area (Å²) in [6, 6.07) is 9.72. The Morgan fingerprint density at radius 2 is 2.00 bits per heavy atom. The average Bonchev–Trinajstić information content (AvgIpc) is 2.58. The monoisotopic (exact) mass is 329 g/mol. The highest BCUT2D eigenvalue weighted by Crippen LogP contribution is 2.26. The maximum atomic E-state index is 13.9. The van der Waals surface area contributed by atoms with E-state index in [0.29, 0.717) is 22.5 Å². The topological polar surface area (TPSA) is 62.7 Å². The van der Waals surface area contributed by atoms with Crippen LogP contribution >= 0.6 is 11.6 Å². The first-order valence-corrected chi connectivity index (χ1v) is 7.23. The summed E-state index contributed by atoms with van der Waals surface area (Å²) in [5.74, 6) is 0.447. The van der Waals surface area contributed by atoms with Gasteiger partial charge < -0.3 is 10.6 Å². The van der Waals surface area contributed by atoms with E-state index in [0.717, 1.165) is 5.56 Å². The van der Waals surface area contributed by atoms with Crippen LogP contribution in [0.3, 0.4) is 0 Å². The standard InChI is InChI=1S/C16H13ClFN5/c1-19-16-22-13(10-3-2-6-20-9-10)8-15(23-16)21-14-7-11(17)4-5-12(14)18/h2-9H,1H3,(H2,19,21,22,23). The predicted octanol–water partition coefficient (Wildman–Crippen LogP) is 4.12. The molecule has 3 aromatic rings. The second-order valence-electron chi connectivity index (χ2n) is 4.70. The van der Waals surface area contributed by atoms with Crippen molar-refractivity contribution in [3.63, 3.8) is 0 Å². The van der Waals surface area contributed by atoms with E-state index in [2.05, 4.69) is 25.6 Å². The Balaban J connectivity index is 2.00. The largest absolute Gasteiger partial charge is 0.357 e. The molecule has 0 spiro atoms. The lowest BCUT2D eigenvalue weighted by Gasteiger charge is -2.10. The van der Waals surface area contributed by atoms with E-state index in [4.69, 9.17) is 11.6 Å². The molecule has 3 rings (SSSR count). The van der Waals surface area contributed by atoms with Gasteiger partial charge in [0, 0.05) is 36.1 Å². The molecular weight excluding hydrogens is 317 g/mol. The molecule has 0 aliphatic rings. The molecule has 2 N–H and O–H groups in total. The number of anilines is 3. The fourth-order valence-corrected chi connectivity index (χ4v) is 2.19. The van der Waals surface area contributed by atoms with E-state index in [1.165, 1.54) is 18.2 Å². The van der Waals surface area contributed by atoms with Gasteiger partial charge in [0.25, 0.3) is 0 Å². The molecule has 2 heterocycles. The summed E-state index contributed by atoms with van der Waals surface area (Å²) in [6.07, 6.45) is 3.38. The maximum Gasteiger partial charge on any atom is 0.224 e. The first kappa shape index (κ1) is 15.2. The van der Waals surface area contributed by atoms with Crippen molar-refractivity contribution in [2.75, 3.05) is 17.7 Å². The molecule has 0 bridgehead atoms. The van der Waals surface area contributed by atoms with Gasteiger partial charge in [-0.1, -0.05) is 11.6 Å². The highest BCUT2D eigenvalue weighted by Gasteiger charge is 2.09. The summed E-state index contributed by atoms with van der Waals surface area (Å²) in [4.78, 5) is 12.7. The van der Waals surface area contributed by atoms with Gasteiger partial charge in [-0.05, 0) is 30.3 Å². The minimum Gasteiger partial charge on any atom is -0.357 e. The van der Waals surface area contributed by atoms with Crippen LogP contribution in [0.4, 0.5) is 21.8 Å². The van der Waals surface area contributed by atoms with Crippen molar-refractivity contribution in [1.82, 2.24) is 15.0 Å². The minimum atomic E-state index is -0.415. The van der Waals surface area contributed by atoms with E-state index < -0.39 is 5.82 Å². The van der Waals surface area contributed by atoms with E-state index in [9.17, 15) is 4.39 Å². The first-order valence-electron chi connectivity index (χ1n) is 6.85. The second-order valence-corrected chi connectivity index (χ2v) is 5.14. The molecule has 0 fully saturated rings. The zero-order chi connectivity index (χ0) is 16.2. The zero-order valence-electron chi connectivity index (χ0n) is 12.2. The molecule has 0 saturated carbocycles. The minimum absolute atomic E-state index is 0.246. The van der Waals surface area contributed by atoms with Crippen LogP contribution in [-0.4, -0.2) is 22.0 Å². The van der Waals surface area contributed by atoms with Crippen molar-refractivity contribution in [2.45, 2.75) is 0 Å². The van der Waals surface area contributed by atoms with Crippen molar-refractivity contribution in [2.24, 2.45) is 0 Å². The molecular formula is C16H13ClFN5. The van der Waals surface area contributed by atoms with Gasteiger partial charge in [-0.15, -0.1) is 0 Å². The highest BCUT2D eigenvalue weighted by atomic mass is 35.5. The van der Waals surface area contributed by atoms with Gasteiger partial charge in [0.05, 0.1) is 11.4 Å². The lowest BCUT2D eigenvalue weighted by atomic mass is 10.2. The molecule has 23 heavy (non-hydrogen) atoms. The van der Waals surface area contributed by atoms with Crippen LogP contribution in [-0.2, 0) is 0 Å². The zero-order valence-corrected chi connectivity index (χ0v) is 13.0. The molecule has 0 amide bonds. The molecule has 0 unspecified atom stereocenters. The Hall–Kier alpha value is -2.73. The number of hydrogen-bond acceptors (Lipinski definition) is 5. The smallest absolute Gasteiger partial charge is 0.224 e. The number of nitrogens with one attached hydrogen (secondary N) is 2. The van der Waals surface area contributed by atoms with Crippen LogP contribution in [0.5, 0.6) is 0 Å². The number of pyridine rings is 1. The van der Waals surface area contributed by atoms with Gasteiger partial charge in [0.2, 0.25) is 5.95 Å². The summed E-state index contributed by atoms with van der Waals surface area (Å²) >= 11 is 5.91. The van der Waals surface area contributed by atoms with Gasteiger partial charge in [0.1, 0.15) is 11.6 Å². The highest BCUT2D eigenvalue weighted by molar-refractivity contribution is 6.30. The Morgan fingerprint density at radius 3 is 2.74 bits per heavy atom. The Morgan fingerprint density at radius 1 is 1.13 bits per heavy atom. The number of nitrogens with zero attached hydrogens (tertiary/aromatic N) is 3. The fraction of sp³-hybridized carbons (Fsp3) is 0.0625. The Kier molecular flexibility index (Phi) is 4.34. The summed E-state index contributed by atoms with van der Waals surface area (Å²) in [7, 11) is 1.71. The van der Waals surface area contributed by atoms with Crippen molar-refractivity contribution < 1.29 is 4.39 Å². The number of benzene rings is 1. The van der Waals surface area contributed by atoms with Gasteiger partial charge in [0.15, 0.2) is 0 Å². The van der Waals surface area contributed by atoms with E-state index in [1.54, 1.807) is 25.5 Å². The number of aromatic nitrogens is 3. The van der Waals surface area contributed by atoms with Crippen LogP contribution in [0.15, 0.2) is 48.8 Å². The molecule has 5 nitrogen and oxygen atoms in total. The Labute approximate surface area is 137 Å². The van der Waals surface area contributed by atoms with E-state index >= 15 is 0 Å². The summed E-state index contributed by atoms with van der Waals surface area (Å²) in [5, 5.41) is 6.25. The molecule has 1 aromatic carbocycles. The lowest BCUT2D eigenvalue weighted by molar-refractivity contribution is 0.632. The van der Waals surface area contributed by atoms with Crippen LogP contribution in [0.2, 0.25) is 5.02 Å². The van der Waals surface area contributed by atoms with E-state index in [-0.39, 0.29) is 5.69 Å². The molecule has 2 aromatic heterocycles. The summed E-state index contributed by atoms with van der Waals surface area (Å²) in [6.45, 7) is 0. The fourth-order valence-electron chi connectivity index (χ4n) is 2.02. The Bertz CT molecular complexity index is 826. The third-order valence-corrected chi connectivity index (χ3v) is 3.33. The molecule has 0 atom stereocenters. The SMILES string of the molecule is CNc1nc(Nc2cc(Cl)ccc2F)cc(-c2cccnc2)n1. The van der Waals surface area contributed by atoms with Gasteiger partial charge >= 0.3 is 0 Å². The third kappa shape index (κ3) is 3.54. The number of rotatable bonds is 4. The van der Waals surface area contributed by atoms with Crippen molar-refractivity contribution in [3.8, 4) is 11.3 Å². The molecule has 0 saturated heterocycles. The van der Waals surface area contributed by atoms with Crippen LogP contribution in [0.25, 0.3) is 11.3 Å². The summed E-state index contributed by atoms with van der Waals surface area (Å²) < 4.78 is 13.9. The van der Waals surface area contributed by atoms with Crippen molar-refractivity contribution in [1.29, 1.82) is 0 Å². The lowest BCUT2D eigenvalue weighted by Crippen LogP contribution is -2.03. The van der Waals surface area contributed by atoms with Gasteiger partial charge in [-0.25, -0.2) is 9.37 Å². The molecule has 116 valence electrons. The quantitative estimate of drug-likeness (QED) is 0.754. The van der Waals surface area contributed by atoms with Crippen LogP contribution in [0.1, 0.15) is 0 Å².